The van der Waals surface area contributed by atoms with Crippen LogP contribution in [0.2, 0.25) is 0 Å². The van der Waals surface area contributed by atoms with Crippen LogP contribution in [0, 0.1) is 17.8 Å². The molecule has 0 aromatic rings. The van der Waals surface area contributed by atoms with Crippen LogP contribution in [0.1, 0.15) is 26.2 Å². The number of oxime groups is 1. The van der Waals surface area contributed by atoms with Gasteiger partial charge in [-0.3, -0.25) is 4.79 Å². The summed E-state index contributed by atoms with van der Waals surface area (Å²) in [4.78, 5) is 16.6. The fraction of sp³-hybridized carbons (Fsp3) is 0.800. The van der Waals surface area contributed by atoms with E-state index < -0.39 is 0 Å². The summed E-state index contributed by atoms with van der Waals surface area (Å²) in [5.41, 5.74) is 0.706. The maximum atomic E-state index is 11.3. The Bertz CT molecular complexity index is 297. The molecule has 0 radical (unpaired) electrons. The van der Waals surface area contributed by atoms with E-state index in [2.05, 4.69) is 5.16 Å². The van der Waals surface area contributed by atoms with Crippen molar-refractivity contribution < 1.29 is 9.63 Å². The average molecular weight is 179 g/mol. The fourth-order valence-corrected chi connectivity index (χ4v) is 3.25. The van der Waals surface area contributed by atoms with E-state index in [-0.39, 0.29) is 11.9 Å². The summed E-state index contributed by atoms with van der Waals surface area (Å²) in [6.07, 6.45) is 4.04. The quantitative estimate of drug-likeness (QED) is 0.610. The first-order valence-corrected chi connectivity index (χ1v) is 5.02. The molecule has 4 atom stereocenters. The van der Waals surface area contributed by atoms with Crippen LogP contribution >= 0.6 is 0 Å². The van der Waals surface area contributed by atoms with Crippen LogP contribution in [0.3, 0.4) is 0 Å². The van der Waals surface area contributed by atoms with E-state index in [0.717, 1.165) is 0 Å². The van der Waals surface area contributed by atoms with Gasteiger partial charge >= 0.3 is 0 Å². The van der Waals surface area contributed by atoms with Crippen LogP contribution in [0.4, 0.5) is 0 Å². The van der Waals surface area contributed by atoms with E-state index in [4.69, 9.17) is 4.84 Å². The first-order chi connectivity index (χ1) is 6.27. The van der Waals surface area contributed by atoms with E-state index in [9.17, 15) is 4.79 Å². The zero-order valence-corrected chi connectivity index (χ0v) is 7.69. The third-order valence-corrected chi connectivity index (χ3v) is 3.79. The lowest BCUT2D eigenvalue weighted by Crippen LogP contribution is -2.32. The van der Waals surface area contributed by atoms with E-state index in [1.54, 1.807) is 6.92 Å². The minimum atomic E-state index is 0.0973. The molecule has 0 saturated heterocycles. The molecule has 2 aliphatic carbocycles. The SMILES string of the molecule is CC(=O)C1=NOC2C3CCC(C3)C12. The van der Waals surface area contributed by atoms with Gasteiger partial charge in [0.25, 0.3) is 0 Å². The molecule has 3 aliphatic rings. The third kappa shape index (κ3) is 0.847. The molecule has 1 heterocycles. The van der Waals surface area contributed by atoms with Crippen molar-refractivity contribution in [3.8, 4) is 0 Å². The number of ketones is 1. The molecule has 1 aliphatic heterocycles. The molecule has 13 heavy (non-hydrogen) atoms. The summed E-state index contributed by atoms with van der Waals surface area (Å²) in [6.45, 7) is 1.59. The van der Waals surface area contributed by atoms with Crippen molar-refractivity contribution in [2.45, 2.75) is 32.3 Å². The number of fused-ring (bicyclic) bond motifs is 5. The Balaban J connectivity index is 1.93. The van der Waals surface area contributed by atoms with Gasteiger partial charge in [-0.05, 0) is 31.1 Å². The molecule has 2 saturated carbocycles. The van der Waals surface area contributed by atoms with Crippen LogP contribution in [0.25, 0.3) is 0 Å². The van der Waals surface area contributed by atoms with Crippen LogP contribution < -0.4 is 0 Å². The van der Waals surface area contributed by atoms with Gasteiger partial charge in [-0.15, -0.1) is 0 Å². The first kappa shape index (κ1) is 7.54. The molecule has 3 rings (SSSR count). The van der Waals surface area contributed by atoms with Gasteiger partial charge in [0.1, 0.15) is 11.8 Å². The van der Waals surface area contributed by atoms with Crippen molar-refractivity contribution >= 4 is 11.5 Å². The van der Waals surface area contributed by atoms with Crippen molar-refractivity contribution in [3.63, 3.8) is 0 Å². The second-order valence-corrected chi connectivity index (χ2v) is 4.46. The molecule has 0 aromatic carbocycles. The third-order valence-electron chi connectivity index (χ3n) is 3.79. The summed E-state index contributed by atoms with van der Waals surface area (Å²) in [6, 6.07) is 0. The highest BCUT2D eigenvalue weighted by atomic mass is 16.6. The molecule has 0 spiro atoms. The van der Waals surface area contributed by atoms with Gasteiger partial charge in [-0.2, -0.15) is 0 Å². The number of rotatable bonds is 1. The number of carbonyl (C=O) groups is 1. The van der Waals surface area contributed by atoms with Crippen molar-refractivity contribution in [1.82, 2.24) is 0 Å². The Morgan fingerprint density at radius 2 is 2.23 bits per heavy atom. The van der Waals surface area contributed by atoms with Crippen molar-refractivity contribution in [3.05, 3.63) is 0 Å². The lowest BCUT2D eigenvalue weighted by Gasteiger charge is -2.21. The molecule has 4 unspecified atom stereocenters. The molecule has 3 nitrogen and oxygen atoms in total. The molecule has 0 N–H and O–H groups in total. The molecular weight excluding hydrogens is 166 g/mol. The van der Waals surface area contributed by atoms with Gasteiger partial charge < -0.3 is 4.84 Å². The number of nitrogens with zero attached hydrogens (tertiary/aromatic N) is 1. The summed E-state index contributed by atoms with van der Waals surface area (Å²) >= 11 is 0. The summed E-state index contributed by atoms with van der Waals surface area (Å²) in [5.74, 6) is 1.80. The Hall–Kier alpha value is -0.860. The summed E-state index contributed by atoms with van der Waals surface area (Å²) in [7, 11) is 0. The summed E-state index contributed by atoms with van der Waals surface area (Å²) in [5, 5.41) is 3.93. The molecule has 70 valence electrons. The molecule has 3 heteroatoms. The standard InChI is InChI=1S/C10H13NO2/c1-5(12)9-8-6-2-3-7(4-6)10(8)13-11-9/h6-8,10H,2-4H2,1H3. The summed E-state index contributed by atoms with van der Waals surface area (Å²) < 4.78 is 0. The van der Waals surface area contributed by atoms with Gasteiger partial charge in [0.05, 0.1) is 5.92 Å². The van der Waals surface area contributed by atoms with E-state index in [0.29, 0.717) is 23.5 Å². The molecule has 2 bridgehead atoms. The number of carbonyl (C=O) groups excluding carboxylic acids is 1. The molecule has 0 aromatic heterocycles. The van der Waals surface area contributed by atoms with Gasteiger partial charge in [0.15, 0.2) is 5.78 Å². The second kappa shape index (κ2) is 2.34. The number of hydrogen-bond acceptors (Lipinski definition) is 3. The predicted molar refractivity (Wildman–Crippen MR) is 47.3 cm³/mol. The highest BCUT2D eigenvalue weighted by Crippen LogP contribution is 2.52. The highest BCUT2D eigenvalue weighted by molar-refractivity contribution is 6.40. The Labute approximate surface area is 77.1 Å². The van der Waals surface area contributed by atoms with E-state index in [1.165, 1.54) is 19.3 Å². The van der Waals surface area contributed by atoms with Gasteiger partial charge in [-0.1, -0.05) is 5.16 Å². The van der Waals surface area contributed by atoms with Crippen LogP contribution in [-0.4, -0.2) is 17.6 Å². The van der Waals surface area contributed by atoms with Crippen molar-refractivity contribution in [2.75, 3.05) is 0 Å². The minimum Gasteiger partial charge on any atom is -0.391 e. The minimum absolute atomic E-state index is 0.0973. The maximum absolute atomic E-state index is 11.3. The lowest BCUT2D eigenvalue weighted by atomic mass is 9.82. The van der Waals surface area contributed by atoms with Crippen LogP contribution in [0.15, 0.2) is 5.16 Å². The number of hydrogen-bond donors (Lipinski definition) is 0. The Morgan fingerprint density at radius 3 is 3.00 bits per heavy atom. The van der Waals surface area contributed by atoms with Gasteiger partial charge in [0, 0.05) is 6.92 Å². The lowest BCUT2D eigenvalue weighted by molar-refractivity contribution is -0.111. The van der Waals surface area contributed by atoms with Crippen molar-refractivity contribution in [2.24, 2.45) is 22.9 Å². The topological polar surface area (TPSA) is 38.7 Å². The normalized spacial score (nSPS) is 45.8. The van der Waals surface area contributed by atoms with E-state index in [1.807, 2.05) is 0 Å². The Kier molecular flexibility index (Phi) is 1.35. The molecule has 0 amide bonds. The van der Waals surface area contributed by atoms with Crippen LogP contribution in [0.5, 0.6) is 0 Å². The van der Waals surface area contributed by atoms with Crippen molar-refractivity contribution in [1.29, 1.82) is 0 Å². The van der Waals surface area contributed by atoms with E-state index >= 15 is 0 Å². The zero-order valence-electron chi connectivity index (χ0n) is 7.69. The molecule has 2 fully saturated rings. The first-order valence-electron chi connectivity index (χ1n) is 5.02. The van der Waals surface area contributed by atoms with Gasteiger partial charge in [-0.25, -0.2) is 0 Å². The second-order valence-electron chi connectivity index (χ2n) is 4.46. The zero-order chi connectivity index (χ0) is 9.00. The fourth-order valence-electron chi connectivity index (χ4n) is 3.25. The Morgan fingerprint density at radius 1 is 1.46 bits per heavy atom. The highest BCUT2D eigenvalue weighted by Gasteiger charge is 2.55. The average Bonchev–Trinajstić information content (AvgIpc) is 2.76. The largest absolute Gasteiger partial charge is 0.391 e. The number of Topliss-reactive ketones (excluding diaryl/α,β-unsaturated/α-hetero) is 1. The molecular formula is C10H13NO2. The predicted octanol–water partition coefficient (Wildman–Crippen LogP) is 1.38. The maximum Gasteiger partial charge on any atom is 0.177 e. The van der Waals surface area contributed by atoms with Crippen LogP contribution in [-0.2, 0) is 9.63 Å². The monoisotopic (exact) mass is 179 g/mol. The smallest absolute Gasteiger partial charge is 0.177 e. The van der Waals surface area contributed by atoms with Gasteiger partial charge in [0.2, 0.25) is 0 Å².